The fourth-order valence-corrected chi connectivity index (χ4v) is 5.37. The lowest BCUT2D eigenvalue weighted by molar-refractivity contribution is -0.140. The van der Waals surface area contributed by atoms with Crippen molar-refractivity contribution in [2.75, 3.05) is 20.1 Å². The average molecular weight is 420 g/mol. The molecule has 0 unspecified atom stereocenters. The minimum absolute atomic E-state index is 0.0800. The summed E-state index contributed by atoms with van der Waals surface area (Å²) in [5.41, 5.74) is 2.86. The number of piperidine rings is 1. The van der Waals surface area contributed by atoms with E-state index in [0.717, 1.165) is 16.7 Å². The van der Waals surface area contributed by atoms with Gasteiger partial charge in [-0.25, -0.2) is 0 Å². The molecule has 2 fully saturated rings. The number of pyridine rings is 1. The maximum atomic E-state index is 13.1. The van der Waals surface area contributed by atoms with E-state index in [4.69, 9.17) is 0 Å². The molecule has 0 atom stereocenters. The minimum atomic E-state index is -0.489. The first-order valence-corrected chi connectivity index (χ1v) is 11.6. The van der Waals surface area contributed by atoms with Gasteiger partial charge in [-0.2, -0.15) is 0 Å². The highest BCUT2D eigenvalue weighted by molar-refractivity contribution is 5.84. The van der Waals surface area contributed by atoms with Crippen molar-refractivity contribution in [1.29, 1.82) is 0 Å². The van der Waals surface area contributed by atoms with E-state index in [9.17, 15) is 9.59 Å². The molecule has 1 N–H and O–H groups in total. The summed E-state index contributed by atoms with van der Waals surface area (Å²) in [7, 11) is 1.72. The number of hydrogen-bond acceptors (Lipinski definition) is 3. The van der Waals surface area contributed by atoms with Crippen LogP contribution in [0.2, 0.25) is 0 Å². The number of nitrogens with one attached hydrogen (secondary N) is 1. The van der Waals surface area contributed by atoms with Crippen LogP contribution in [0.4, 0.5) is 0 Å². The predicted molar refractivity (Wildman–Crippen MR) is 122 cm³/mol. The zero-order chi connectivity index (χ0) is 21.7. The Bertz CT molecular complexity index is 898. The molecule has 1 aromatic heterocycles. The Morgan fingerprint density at radius 3 is 2.52 bits per heavy atom. The quantitative estimate of drug-likeness (QED) is 0.762. The molecule has 1 aliphatic carbocycles. The SMILES string of the molecule is CNC(=O)C1(Cc2ccccc2-c2cccnc2)CCN(C(=O)CC2CCCC2)CC1. The Morgan fingerprint density at radius 1 is 1.10 bits per heavy atom. The van der Waals surface area contributed by atoms with Gasteiger partial charge < -0.3 is 10.2 Å². The van der Waals surface area contributed by atoms with E-state index in [1.807, 2.05) is 29.3 Å². The molecule has 31 heavy (non-hydrogen) atoms. The summed E-state index contributed by atoms with van der Waals surface area (Å²) >= 11 is 0. The van der Waals surface area contributed by atoms with Crippen molar-refractivity contribution in [3.8, 4) is 11.1 Å². The third-order valence-electron chi connectivity index (χ3n) is 7.24. The van der Waals surface area contributed by atoms with Gasteiger partial charge in [0.25, 0.3) is 0 Å². The average Bonchev–Trinajstić information content (AvgIpc) is 3.33. The van der Waals surface area contributed by atoms with E-state index in [-0.39, 0.29) is 11.8 Å². The zero-order valence-electron chi connectivity index (χ0n) is 18.5. The van der Waals surface area contributed by atoms with Crippen molar-refractivity contribution >= 4 is 11.8 Å². The molecular weight excluding hydrogens is 386 g/mol. The molecule has 2 heterocycles. The first kappa shape index (κ1) is 21.5. The van der Waals surface area contributed by atoms with Gasteiger partial charge >= 0.3 is 0 Å². The van der Waals surface area contributed by atoms with Crippen molar-refractivity contribution in [3.05, 3.63) is 54.4 Å². The van der Waals surface area contributed by atoms with Gasteiger partial charge in [0.15, 0.2) is 0 Å². The number of nitrogens with zero attached hydrogens (tertiary/aromatic N) is 2. The third-order valence-corrected chi connectivity index (χ3v) is 7.24. The monoisotopic (exact) mass is 419 g/mol. The van der Waals surface area contributed by atoms with Gasteiger partial charge in [0.2, 0.25) is 11.8 Å². The zero-order valence-corrected chi connectivity index (χ0v) is 18.5. The fraction of sp³-hybridized carbons (Fsp3) is 0.500. The second-order valence-corrected chi connectivity index (χ2v) is 9.17. The Morgan fingerprint density at radius 2 is 1.84 bits per heavy atom. The molecule has 0 spiro atoms. The lowest BCUT2D eigenvalue weighted by Crippen LogP contribution is -2.50. The van der Waals surface area contributed by atoms with E-state index in [2.05, 4.69) is 28.5 Å². The van der Waals surface area contributed by atoms with Crippen LogP contribution < -0.4 is 5.32 Å². The van der Waals surface area contributed by atoms with Gasteiger partial charge in [0.1, 0.15) is 0 Å². The van der Waals surface area contributed by atoms with Crippen LogP contribution >= 0.6 is 0 Å². The first-order valence-electron chi connectivity index (χ1n) is 11.6. The smallest absolute Gasteiger partial charge is 0.226 e. The second kappa shape index (κ2) is 9.63. The minimum Gasteiger partial charge on any atom is -0.359 e. The second-order valence-electron chi connectivity index (χ2n) is 9.17. The molecule has 2 aromatic rings. The number of likely N-dealkylation sites (tertiary alicyclic amines) is 1. The van der Waals surface area contributed by atoms with Gasteiger partial charge in [-0.1, -0.05) is 43.2 Å². The van der Waals surface area contributed by atoms with Gasteiger partial charge in [-0.05, 0) is 55.2 Å². The number of amides is 2. The molecule has 164 valence electrons. The van der Waals surface area contributed by atoms with Crippen LogP contribution in [0.5, 0.6) is 0 Å². The summed E-state index contributed by atoms with van der Waals surface area (Å²) in [6.45, 7) is 1.32. The molecule has 0 radical (unpaired) electrons. The van der Waals surface area contributed by atoms with Gasteiger partial charge in [-0.15, -0.1) is 0 Å². The molecule has 0 bridgehead atoms. The van der Waals surface area contributed by atoms with E-state index in [1.165, 1.54) is 25.7 Å². The van der Waals surface area contributed by atoms with Crippen LogP contribution in [-0.4, -0.2) is 41.8 Å². The molecule has 1 aromatic carbocycles. The van der Waals surface area contributed by atoms with Crippen LogP contribution in [-0.2, 0) is 16.0 Å². The summed E-state index contributed by atoms with van der Waals surface area (Å²) < 4.78 is 0. The highest BCUT2D eigenvalue weighted by Gasteiger charge is 2.42. The Hall–Kier alpha value is -2.69. The summed E-state index contributed by atoms with van der Waals surface area (Å²) in [4.78, 5) is 32.1. The highest BCUT2D eigenvalue weighted by atomic mass is 16.2. The predicted octanol–water partition coefficient (Wildman–Crippen LogP) is 4.23. The molecule has 5 nitrogen and oxygen atoms in total. The summed E-state index contributed by atoms with van der Waals surface area (Å²) in [6, 6.07) is 12.3. The Balaban J connectivity index is 1.50. The van der Waals surface area contributed by atoms with E-state index in [0.29, 0.717) is 44.7 Å². The Kier molecular flexibility index (Phi) is 6.69. The molecule has 4 rings (SSSR count). The standard InChI is InChI=1S/C26H33N3O2/c1-27-25(31)26(12-15-29(16-13-26)24(30)17-20-7-2-3-8-20)18-21-9-4-5-11-23(21)22-10-6-14-28-19-22/h4-6,9-11,14,19-20H,2-3,7-8,12-13,15-18H2,1H3,(H,27,31). The maximum Gasteiger partial charge on any atom is 0.226 e. The first-order chi connectivity index (χ1) is 15.1. The number of hydrogen-bond donors (Lipinski definition) is 1. The third kappa shape index (κ3) is 4.81. The van der Waals surface area contributed by atoms with Gasteiger partial charge in [0, 0.05) is 44.5 Å². The van der Waals surface area contributed by atoms with Crippen LogP contribution in [0.3, 0.4) is 0 Å². The van der Waals surface area contributed by atoms with Crippen molar-refractivity contribution in [2.45, 2.75) is 51.4 Å². The fourth-order valence-electron chi connectivity index (χ4n) is 5.37. The van der Waals surface area contributed by atoms with Gasteiger partial charge in [-0.3, -0.25) is 14.6 Å². The number of aromatic nitrogens is 1. The van der Waals surface area contributed by atoms with Crippen molar-refractivity contribution in [3.63, 3.8) is 0 Å². The molecule has 2 aliphatic rings. The molecule has 5 heteroatoms. The lowest BCUT2D eigenvalue weighted by atomic mass is 9.72. The van der Waals surface area contributed by atoms with Crippen molar-refractivity contribution in [1.82, 2.24) is 15.2 Å². The molecule has 1 aliphatic heterocycles. The Labute approximate surface area is 185 Å². The summed E-state index contributed by atoms with van der Waals surface area (Å²) in [6.07, 6.45) is 11.3. The maximum absolute atomic E-state index is 13.1. The number of rotatable bonds is 6. The van der Waals surface area contributed by atoms with Crippen molar-refractivity contribution < 1.29 is 9.59 Å². The summed E-state index contributed by atoms with van der Waals surface area (Å²) in [5.74, 6) is 0.911. The van der Waals surface area contributed by atoms with Crippen LogP contribution in [0.15, 0.2) is 48.8 Å². The topological polar surface area (TPSA) is 62.3 Å². The van der Waals surface area contributed by atoms with Gasteiger partial charge in [0.05, 0.1) is 5.41 Å². The van der Waals surface area contributed by atoms with Crippen LogP contribution in [0.1, 0.15) is 50.5 Å². The molecule has 2 amide bonds. The molecule has 1 saturated heterocycles. The van der Waals surface area contributed by atoms with E-state index >= 15 is 0 Å². The number of carbonyl (C=O) groups excluding carboxylic acids is 2. The number of benzene rings is 1. The summed E-state index contributed by atoms with van der Waals surface area (Å²) in [5, 5.41) is 2.90. The molecular formula is C26H33N3O2. The molecule has 1 saturated carbocycles. The van der Waals surface area contributed by atoms with E-state index in [1.54, 1.807) is 13.2 Å². The highest BCUT2D eigenvalue weighted by Crippen LogP contribution is 2.39. The van der Waals surface area contributed by atoms with E-state index < -0.39 is 5.41 Å². The van der Waals surface area contributed by atoms with Crippen LogP contribution in [0.25, 0.3) is 11.1 Å². The largest absolute Gasteiger partial charge is 0.359 e. The number of carbonyl (C=O) groups is 2. The van der Waals surface area contributed by atoms with Crippen LogP contribution in [0, 0.1) is 11.3 Å². The lowest BCUT2D eigenvalue weighted by Gasteiger charge is -2.41. The normalized spacial score (nSPS) is 18.7. The van der Waals surface area contributed by atoms with Crippen molar-refractivity contribution in [2.24, 2.45) is 11.3 Å².